The molecule has 3 aliphatic heterocycles. The molecule has 0 spiro atoms. The van der Waals surface area contributed by atoms with Crippen LogP contribution in [0.4, 0.5) is 8.78 Å². The Morgan fingerprint density at radius 3 is 2.20 bits per heavy atom. The molecule has 220 valence electrons. The van der Waals surface area contributed by atoms with E-state index in [2.05, 4.69) is 11.4 Å². The van der Waals surface area contributed by atoms with Crippen molar-refractivity contribution in [1.82, 2.24) is 18.8 Å². The van der Waals surface area contributed by atoms with E-state index < -0.39 is 39.5 Å². The molecule has 3 fully saturated rings. The maximum atomic E-state index is 13.7. The lowest BCUT2D eigenvalue weighted by atomic mass is 9.81. The highest BCUT2D eigenvalue weighted by atomic mass is 32.2. The van der Waals surface area contributed by atoms with Gasteiger partial charge in [-0.3, -0.25) is 9.59 Å². The standard InChI is InChI=1S/C28H39F2N5O4S/c1-27(2,3)24(20-9-11-22(12-10-20)28(4,29)30)32-25(36)23-8-6-14-35(23)26(37)21-7-5-13-33(18-21)40(38,39)34-16-19(15-31)17-34/h9-12,19,21,23-24H,5-8,13-14,16-18H2,1-4H3,(H,32,36)/t21-,23+,24-/m0/s1. The maximum Gasteiger partial charge on any atom is 0.282 e. The van der Waals surface area contributed by atoms with Crippen molar-refractivity contribution >= 4 is 22.0 Å². The zero-order chi connectivity index (χ0) is 29.5. The molecule has 40 heavy (non-hydrogen) atoms. The number of benzene rings is 1. The van der Waals surface area contributed by atoms with Gasteiger partial charge in [0.15, 0.2) is 0 Å². The van der Waals surface area contributed by atoms with Gasteiger partial charge in [0.2, 0.25) is 11.8 Å². The highest BCUT2D eigenvalue weighted by Gasteiger charge is 2.44. The normalized spacial score (nSPS) is 24.3. The first-order chi connectivity index (χ1) is 18.6. The van der Waals surface area contributed by atoms with Gasteiger partial charge in [0.05, 0.1) is 23.9 Å². The molecule has 3 saturated heterocycles. The second-order valence-electron chi connectivity index (χ2n) is 12.4. The molecule has 0 saturated carbocycles. The van der Waals surface area contributed by atoms with E-state index in [0.29, 0.717) is 44.3 Å². The summed E-state index contributed by atoms with van der Waals surface area (Å²) < 4.78 is 56.1. The molecule has 1 N–H and O–H groups in total. The van der Waals surface area contributed by atoms with E-state index in [9.17, 15) is 26.8 Å². The Labute approximate surface area is 235 Å². The van der Waals surface area contributed by atoms with Crippen molar-refractivity contribution in [3.05, 3.63) is 35.4 Å². The maximum absolute atomic E-state index is 13.7. The summed E-state index contributed by atoms with van der Waals surface area (Å²) in [6, 6.07) is 6.87. The van der Waals surface area contributed by atoms with Crippen LogP contribution in [0.3, 0.4) is 0 Å². The number of nitrogens with one attached hydrogen (secondary N) is 1. The van der Waals surface area contributed by atoms with E-state index in [-0.39, 0.29) is 42.9 Å². The molecule has 2 amide bonds. The SMILES string of the molecule is CC(F)(F)c1ccc([C@H](NC(=O)[C@H]2CCCN2C(=O)[C@H]2CCCN(S(=O)(=O)N3CC(C#N)C3)C2)C(C)(C)C)cc1. The first-order valence-corrected chi connectivity index (χ1v) is 15.3. The monoisotopic (exact) mass is 579 g/mol. The van der Waals surface area contributed by atoms with Crippen molar-refractivity contribution in [1.29, 1.82) is 5.26 Å². The summed E-state index contributed by atoms with van der Waals surface area (Å²) in [4.78, 5) is 28.7. The Morgan fingerprint density at radius 1 is 1.00 bits per heavy atom. The number of likely N-dealkylation sites (tertiary alicyclic amines) is 1. The number of hydrogen-bond acceptors (Lipinski definition) is 5. The largest absolute Gasteiger partial charge is 0.347 e. The number of halogens is 2. The summed E-state index contributed by atoms with van der Waals surface area (Å²) in [5.74, 6) is -4.35. The Hall–Kier alpha value is -2.62. The van der Waals surface area contributed by atoms with Crippen LogP contribution in [0.2, 0.25) is 0 Å². The van der Waals surface area contributed by atoms with Crippen molar-refractivity contribution in [2.45, 2.75) is 71.4 Å². The zero-order valence-electron chi connectivity index (χ0n) is 23.6. The molecule has 9 nitrogen and oxygen atoms in total. The number of rotatable bonds is 7. The number of carbonyl (C=O) groups is 2. The molecule has 0 aromatic heterocycles. The van der Waals surface area contributed by atoms with E-state index in [1.54, 1.807) is 17.0 Å². The Kier molecular flexibility index (Phi) is 8.60. The van der Waals surface area contributed by atoms with Crippen LogP contribution in [0.25, 0.3) is 0 Å². The Bertz CT molecular complexity index is 1250. The van der Waals surface area contributed by atoms with E-state index in [0.717, 1.165) is 6.92 Å². The average Bonchev–Trinajstić information content (AvgIpc) is 3.35. The molecule has 3 atom stereocenters. The third kappa shape index (κ3) is 6.31. The molecule has 0 radical (unpaired) electrons. The first kappa shape index (κ1) is 30.3. The van der Waals surface area contributed by atoms with Gasteiger partial charge in [-0.25, -0.2) is 8.78 Å². The number of nitrogens with zero attached hydrogens (tertiary/aromatic N) is 4. The third-order valence-corrected chi connectivity index (χ3v) is 10.1. The van der Waals surface area contributed by atoms with Crippen molar-refractivity contribution < 1.29 is 26.8 Å². The lowest BCUT2D eigenvalue weighted by Gasteiger charge is -2.41. The molecule has 12 heteroatoms. The molecular formula is C28H39F2N5O4S. The molecular weight excluding hydrogens is 540 g/mol. The van der Waals surface area contributed by atoms with E-state index >= 15 is 0 Å². The fourth-order valence-electron chi connectivity index (χ4n) is 5.77. The van der Waals surface area contributed by atoms with Gasteiger partial charge in [-0.15, -0.1) is 0 Å². The highest BCUT2D eigenvalue weighted by Crippen LogP contribution is 2.36. The van der Waals surface area contributed by atoms with Crippen LogP contribution in [0.15, 0.2) is 24.3 Å². The smallest absolute Gasteiger partial charge is 0.282 e. The van der Waals surface area contributed by atoms with Gasteiger partial charge >= 0.3 is 0 Å². The van der Waals surface area contributed by atoms with Gasteiger partial charge in [-0.2, -0.15) is 22.3 Å². The topological polar surface area (TPSA) is 114 Å². The fourth-order valence-corrected chi connectivity index (χ4v) is 7.56. The lowest BCUT2D eigenvalue weighted by Crippen LogP contribution is -2.57. The van der Waals surface area contributed by atoms with Crippen LogP contribution in [-0.2, 0) is 25.7 Å². The van der Waals surface area contributed by atoms with Crippen LogP contribution in [-0.4, -0.2) is 72.5 Å². The Morgan fingerprint density at radius 2 is 1.62 bits per heavy atom. The minimum absolute atomic E-state index is 0.0543. The summed E-state index contributed by atoms with van der Waals surface area (Å²) in [5, 5.41) is 12.1. The average molecular weight is 580 g/mol. The molecule has 4 rings (SSSR count). The van der Waals surface area contributed by atoms with Crippen LogP contribution in [0.5, 0.6) is 0 Å². The van der Waals surface area contributed by atoms with Crippen LogP contribution < -0.4 is 5.32 Å². The first-order valence-electron chi connectivity index (χ1n) is 13.9. The molecule has 1 aromatic rings. The molecule has 3 aliphatic rings. The molecule has 1 aromatic carbocycles. The van der Waals surface area contributed by atoms with Gasteiger partial charge in [0.25, 0.3) is 16.1 Å². The summed E-state index contributed by atoms with van der Waals surface area (Å²) in [7, 11) is -3.74. The number of alkyl halides is 2. The predicted molar refractivity (Wildman–Crippen MR) is 145 cm³/mol. The summed E-state index contributed by atoms with van der Waals surface area (Å²) in [6.45, 7) is 7.81. The number of nitriles is 1. The van der Waals surface area contributed by atoms with Crippen LogP contribution in [0.1, 0.15) is 70.5 Å². The van der Waals surface area contributed by atoms with Crippen molar-refractivity contribution in [2.75, 3.05) is 32.7 Å². The Balaban J connectivity index is 1.44. The minimum atomic E-state index is -3.74. The second kappa shape index (κ2) is 11.3. The minimum Gasteiger partial charge on any atom is -0.347 e. The number of carbonyl (C=O) groups excluding carboxylic acids is 2. The third-order valence-electron chi connectivity index (χ3n) is 8.16. The van der Waals surface area contributed by atoms with Crippen molar-refractivity contribution in [2.24, 2.45) is 17.3 Å². The van der Waals surface area contributed by atoms with E-state index in [1.165, 1.54) is 20.7 Å². The molecule has 0 bridgehead atoms. The van der Waals surface area contributed by atoms with Gasteiger partial charge in [0, 0.05) is 45.2 Å². The fraction of sp³-hybridized carbons (Fsp3) is 0.679. The second-order valence-corrected chi connectivity index (χ2v) is 14.3. The number of piperidine rings is 1. The number of hydrogen-bond donors (Lipinski definition) is 1. The van der Waals surface area contributed by atoms with Gasteiger partial charge in [-0.1, -0.05) is 45.0 Å². The van der Waals surface area contributed by atoms with Crippen molar-refractivity contribution in [3.63, 3.8) is 0 Å². The number of amides is 2. The van der Waals surface area contributed by atoms with E-state index in [4.69, 9.17) is 5.26 Å². The summed E-state index contributed by atoms with van der Waals surface area (Å²) >= 11 is 0. The lowest BCUT2D eigenvalue weighted by molar-refractivity contribution is -0.143. The highest BCUT2D eigenvalue weighted by molar-refractivity contribution is 7.86. The van der Waals surface area contributed by atoms with Gasteiger partial charge in [-0.05, 0) is 36.7 Å². The van der Waals surface area contributed by atoms with Crippen molar-refractivity contribution in [3.8, 4) is 6.07 Å². The van der Waals surface area contributed by atoms with Crippen LogP contribution >= 0.6 is 0 Å². The van der Waals surface area contributed by atoms with Crippen LogP contribution in [0, 0.1) is 28.6 Å². The van der Waals surface area contributed by atoms with Gasteiger partial charge in [0.1, 0.15) is 6.04 Å². The van der Waals surface area contributed by atoms with Gasteiger partial charge < -0.3 is 10.2 Å². The zero-order valence-corrected chi connectivity index (χ0v) is 24.4. The molecule has 0 aliphatic carbocycles. The predicted octanol–water partition coefficient (Wildman–Crippen LogP) is 3.40. The van der Waals surface area contributed by atoms with E-state index in [1.807, 2.05) is 20.8 Å². The molecule has 0 unspecified atom stereocenters. The quantitative estimate of drug-likeness (QED) is 0.532. The summed E-state index contributed by atoms with van der Waals surface area (Å²) in [6.07, 6.45) is 2.22. The molecule has 3 heterocycles. The summed E-state index contributed by atoms with van der Waals surface area (Å²) in [5.41, 5.74) is 0.159.